The molecule has 7 nitrogen and oxygen atoms in total. The predicted molar refractivity (Wildman–Crippen MR) is 113 cm³/mol. The molecule has 2 aromatic carbocycles. The Morgan fingerprint density at radius 2 is 2.00 bits per heavy atom. The minimum absolute atomic E-state index is 0. The van der Waals surface area contributed by atoms with Gasteiger partial charge in [-0.3, -0.25) is 14.9 Å². The van der Waals surface area contributed by atoms with Crippen molar-refractivity contribution in [3.8, 4) is 0 Å². The molecule has 0 radical (unpaired) electrons. The molecule has 0 spiro atoms. The van der Waals surface area contributed by atoms with E-state index >= 15 is 0 Å². The van der Waals surface area contributed by atoms with Gasteiger partial charge in [0.05, 0.1) is 18.4 Å². The minimum atomic E-state index is -0.525. The highest BCUT2D eigenvalue weighted by Crippen LogP contribution is 2.14. The number of hydrogen-bond acceptors (Lipinski definition) is 5. The lowest BCUT2D eigenvalue weighted by Gasteiger charge is -2.07. The zero-order valence-electron chi connectivity index (χ0n) is 15.1. The largest absolute Gasteiger partial charge is 0.398 e. The second-order valence-corrected chi connectivity index (χ2v) is 6.19. The zero-order chi connectivity index (χ0) is 19.2. The van der Waals surface area contributed by atoms with Crippen molar-refractivity contribution in [1.82, 2.24) is 15.1 Å². The Kier molecular flexibility index (Phi) is 5.63. The van der Waals surface area contributed by atoms with E-state index in [1.807, 2.05) is 19.2 Å². The molecule has 0 bridgehead atoms. The van der Waals surface area contributed by atoms with E-state index in [9.17, 15) is 4.79 Å². The molecule has 0 aliphatic rings. The first kappa shape index (κ1) is 18.3. The molecule has 0 saturated heterocycles. The second kappa shape index (κ2) is 8.29. The van der Waals surface area contributed by atoms with Crippen molar-refractivity contribution in [3.05, 3.63) is 77.6 Å². The molecular weight excluding hydrogens is 340 g/mol. The summed E-state index contributed by atoms with van der Waals surface area (Å²) in [5.41, 5.74) is 9.31. The van der Waals surface area contributed by atoms with Gasteiger partial charge in [0, 0.05) is 28.3 Å². The van der Waals surface area contributed by atoms with E-state index in [2.05, 4.69) is 27.9 Å². The smallest absolute Gasteiger partial charge is 0.274 e. The number of nitrogen functional groups attached to an aromatic ring is 1. The Labute approximate surface area is 162 Å². The van der Waals surface area contributed by atoms with Gasteiger partial charge in [-0.1, -0.05) is 42.5 Å². The SMILES string of the molecule is CNCc1cccc(Cn2cc(NC(=O)C(=N)c3ccccc3N)cn2)c1.[HH].[HH].[HH]. The number of hydrogen-bond donors (Lipinski definition) is 4. The molecule has 27 heavy (non-hydrogen) atoms. The average molecular weight is 368 g/mol. The highest BCUT2D eigenvalue weighted by molar-refractivity contribution is 6.48. The van der Waals surface area contributed by atoms with E-state index < -0.39 is 5.91 Å². The summed E-state index contributed by atoms with van der Waals surface area (Å²) in [7, 11) is 1.91. The van der Waals surface area contributed by atoms with Gasteiger partial charge in [0.2, 0.25) is 0 Å². The van der Waals surface area contributed by atoms with Crippen molar-refractivity contribution in [2.75, 3.05) is 18.1 Å². The molecule has 0 atom stereocenters. The lowest BCUT2D eigenvalue weighted by molar-refractivity contribution is -0.110. The van der Waals surface area contributed by atoms with E-state index in [4.69, 9.17) is 11.1 Å². The molecule has 144 valence electrons. The van der Waals surface area contributed by atoms with Crippen LogP contribution < -0.4 is 16.4 Å². The van der Waals surface area contributed by atoms with Gasteiger partial charge in [-0.15, -0.1) is 0 Å². The maximum Gasteiger partial charge on any atom is 0.274 e. The summed E-state index contributed by atoms with van der Waals surface area (Å²) in [6.45, 7) is 1.40. The van der Waals surface area contributed by atoms with Crippen molar-refractivity contribution in [2.45, 2.75) is 13.1 Å². The maximum atomic E-state index is 12.3. The van der Waals surface area contributed by atoms with E-state index in [0.717, 1.165) is 12.1 Å². The summed E-state index contributed by atoms with van der Waals surface area (Å²) in [4.78, 5) is 12.3. The summed E-state index contributed by atoms with van der Waals surface area (Å²) in [5, 5.41) is 18.2. The third-order valence-corrected chi connectivity index (χ3v) is 4.07. The molecule has 1 heterocycles. The first-order valence-corrected chi connectivity index (χ1v) is 8.56. The number of nitrogens with zero attached hydrogens (tertiary/aromatic N) is 2. The van der Waals surface area contributed by atoms with Crippen LogP contribution in [0.15, 0.2) is 60.9 Å². The Morgan fingerprint density at radius 1 is 1.22 bits per heavy atom. The van der Waals surface area contributed by atoms with E-state index in [1.165, 1.54) is 5.56 Å². The van der Waals surface area contributed by atoms with Crippen LogP contribution in [0.2, 0.25) is 0 Å². The van der Waals surface area contributed by atoms with Crippen molar-refractivity contribution in [1.29, 1.82) is 5.41 Å². The molecule has 0 saturated carbocycles. The van der Waals surface area contributed by atoms with Gasteiger partial charge >= 0.3 is 0 Å². The number of nitrogens with one attached hydrogen (secondary N) is 3. The Bertz CT molecular complexity index is 976. The van der Waals surface area contributed by atoms with E-state index in [0.29, 0.717) is 23.5 Å². The molecule has 7 heteroatoms. The third kappa shape index (κ3) is 4.59. The zero-order valence-corrected chi connectivity index (χ0v) is 15.1. The number of rotatable bonds is 7. The van der Waals surface area contributed by atoms with Crippen LogP contribution in [0.1, 0.15) is 21.0 Å². The van der Waals surface area contributed by atoms with Crippen molar-refractivity contribution in [2.24, 2.45) is 0 Å². The fourth-order valence-corrected chi connectivity index (χ4v) is 2.78. The first-order valence-electron chi connectivity index (χ1n) is 8.56. The Morgan fingerprint density at radius 3 is 2.78 bits per heavy atom. The highest BCUT2D eigenvalue weighted by atomic mass is 16.1. The summed E-state index contributed by atoms with van der Waals surface area (Å²) >= 11 is 0. The summed E-state index contributed by atoms with van der Waals surface area (Å²) < 4.78 is 1.74. The number of carbonyl (C=O) groups is 1. The van der Waals surface area contributed by atoms with Gasteiger partial charge in [0.1, 0.15) is 5.71 Å². The molecular formula is C20H28N6O. The molecule has 0 fully saturated rings. The Hall–Kier alpha value is -3.45. The van der Waals surface area contributed by atoms with E-state index in [1.54, 1.807) is 41.3 Å². The van der Waals surface area contributed by atoms with Gasteiger partial charge in [0.15, 0.2) is 0 Å². The molecule has 0 aliphatic heterocycles. The standard InChI is InChI=1S/C20H22N6O.3H2/c1-23-10-14-5-4-6-15(9-14)12-26-13-16(11-24-26)25-20(27)19(22)17-7-2-3-8-18(17)21;;;/h2-9,11,13,22-23H,10,12,21H2,1H3,(H,25,27);3*1H. The van der Waals surface area contributed by atoms with Gasteiger partial charge < -0.3 is 16.4 Å². The van der Waals surface area contributed by atoms with Crippen LogP contribution in [0.3, 0.4) is 0 Å². The maximum absolute atomic E-state index is 12.3. The first-order chi connectivity index (χ1) is 13.1. The second-order valence-electron chi connectivity index (χ2n) is 6.19. The Balaban J connectivity index is 0.00000280. The average Bonchev–Trinajstić information content (AvgIpc) is 3.09. The van der Waals surface area contributed by atoms with E-state index in [-0.39, 0.29) is 9.99 Å². The predicted octanol–water partition coefficient (Wildman–Crippen LogP) is 2.98. The molecule has 1 aromatic heterocycles. The molecule has 0 aliphatic carbocycles. The topological polar surface area (TPSA) is 109 Å². The normalized spacial score (nSPS) is 10.6. The molecule has 3 aromatic rings. The molecule has 3 rings (SSSR count). The third-order valence-electron chi connectivity index (χ3n) is 4.07. The van der Waals surface area contributed by atoms with Crippen LogP contribution in [0, 0.1) is 5.41 Å². The summed E-state index contributed by atoms with van der Waals surface area (Å²) in [6, 6.07) is 15.1. The van der Waals surface area contributed by atoms with Crippen LogP contribution in [-0.4, -0.2) is 28.4 Å². The molecule has 0 unspecified atom stereocenters. The number of anilines is 2. The number of aromatic nitrogens is 2. The summed E-state index contributed by atoms with van der Waals surface area (Å²) in [5.74, 6) is -0.525. The van der Waals surface area contributed by atoms with Crippen LogP contribution in [0.4, 0.5) is 11.4 Å². The molecule has 5 N–H and O–H groups in total. The summed E-state index contributed by atoms with van der Waals surface area (Å²) in [6.07, 6.45) is 3.31. The van der Waals surface area contributed by atoms with Crippen LogP contribution in [0.5, 0.6) is 0 Å². The van der Waals surface area contributed by atoms with Crippen LogP contribution in [0.25, 0.3) is 0 Å². The quantitative estimate of drug-likeness (QED) is 0.380. The van der Waals surface area contributed by atoms with Gasteiger partial charge in [0.25, 0.3) is 5.91 Å². The molecule has 1 amide bonds. The minimum Gasteiger partial charge on any atom is -0.398 e. The van der Waals surface area contributed by atoms with Gasteiger partial charge in [-0.05, 0) is 24.2 Å². The van der Waals surface area contributed by atoms with Crippen molar-refractivity contribution < 1.29 is 9.07 Å². The number of amides is 1. The monoisotopic (exact) mass is 368 g/mol. The highest BCUT2D eigenvalue weighted by Gasteiger charge is 2.15. The number of carbonyl (C=O) groups excluding carboxylic acids is 1. The number of para-hydroxylation sites is 1. The van der Waals surface area contributed by atoms with Crippen LogP contribution in [-0.2, 0) is 17.9 Å². The van der Waals surface area contributed by atoms with Crippen LogP contribution >= 0.6 is 0 Å². The van der Waals surface area contributed by atoms with Gasteiger partial charge in [-0.2, -0.15) is 5.10 Å². The fraction of sp³-hybridized carbons (Fsp3) is 0.150. The number of nitrogens with two attached hydrogens (primary N) is 1. The van der Waals surface area contributed by atoms with Crippen molar-refractivity contribution in [3.63, 3.8) is 0 Å². The fourth-order valence-electron chi connectivity index (χ4n) is 2.78. The lowest BCUT2D eigenvalue weighted by Crippen LogP contribution is -2.23. The number of benzene rings is 2. The van der Waals surface area contributed by atoms with Crippen molar-refractivity contribution >= 4 is 23.0 Å². The lowest BCUT2D eigenvalue weighted by atomic mass is 10.1. The van der Waals surface area contributed by atoms with Gasteiger partial charge in [-0.25, -0.2) is 0 Å².